The molecule has 0 bridgehead atoms. The standard InChI is InChI=1S/C18H18ClNO5/c1-10-6-11(2)17(13(19)7-10)25-9-16(21)20-14-8-12(18(22)23)4-5-15(14)24-3/h4-8H,9H2,1-3H3,(H,20,21)(H,22,23). The second kappa shape index (κ2) is 7.90. The molecule has 0 radical (unpaired) electrons. The fourth-order valence-corrected chi connectivity index (χ4v) is 2.72. The van der Waals surface area contributed by atoms with Gasteiger partial charge in [0.2, 0.25) is 0 Å². The predicted molar refractivity (Wildman–Crippen MR) is 95.0 cm³/mol. The summed E-state index contributed by atoms with van der Waals surface area (Å²) in [5.41, 5.74) is 2.11. The molecule has 0 aromatic heterocycles. The van der Waals surface area contributed by atoms with Crippen LogP contribution in [0.4, 0.5) is 5.69 Å². The Morgan fingerprint density at radius 1 is 1.20 bits per heavy atom. The average Bonchev–Trinajstić information content (AvgIpc) is 2.53. The smallest absolute Gasteiger partial charge is 0.335 e. The molecule has 1 amide bonds. The minimum Gasteiger partial charge on any atom is -0.495 e. The maximum Gasteiger partial charge on any atom is 0.335 e. The van der Waals surface area contributed by atoms with Gasteiger partial charge in [-0.25, -0.2) is 4.79 Å². The number of carboxylic acids is 1. The van der Waals surface area contributed by atoms with Crippen LogP contribution in [0.5, 0.6) is 11.5 Å². The summed E-state index contributed by atoms with van der Waals surface area (Å²) in [6.07, 6.45) is 0. The van der Waals surface area contributed by atoms with Gasteiger partial charge in [0.15, 0.2) is 6.61 Å². The van der Waals surface area contributed by atoms with Gasteiger partial charge in [0.05, 0.1) is 23.4 Å². The zero-order valence-corrected chi connectivity index (χ0v) is 14.8. The molecule has 0 heterocycles. The Hall–Kier alpha value is -2.73. The van der Waals surface area contributed by atoms with Crippen molar-refractivity contribution in [3.8, 4) is 11.5 Å². The highest BCUT2D eigenvalue weighted by molar-refractivity contribution is 6.32. The molecule has 7 heteroatoms. The van der Waals surface area contributed by atoms with E-state index in [0.29, 0.717) is 16.5 Å². The molecular weight excluding hydrogens is 346 g/mol. The largest absolute Gasteiger partial charge is 0.495 e. The number of hydrogen-bond acceptors (Lipinski definition) is 4. The van der Waals surface area contributed by atoms with Crippen molar-refractivity contribution in [2.24, 2.45) is 0 Å². The number of carbonyl (C=O) groups is 2. The van der Waals surface area contributed by atoms with Gasteiger partial charge in [0.1, 0.15) is 11.5 Å². The topological polar surface area (TPSA) is 84.9 Å². The quantitative estimate of drug-likeness (QED) is 0.817. The molecule has 0 spiro atoms. The van der Waals surface area contributed by atoms with Crippen LogP contribution in [0.25, 0.3) is 0 Å². The second-order valence-electron chi connectivity index (χ2n) is 5.45. The normalized spacial score (nSPS) is 10.2. The summed E-state index contributed by atoms with van der Waals surface area (Å²) in [7, 11) is 1.43. The van der Waals surface area contributed by atoms with Crippen molar-refractivity contribution in [2.75, 3.05) is 19.0 Å². The SMILES string of the molecule is COc1ccc(C(=O)O)cc1NC(=O)COc1c(C)cc(C)cc1Cl. The molecule has 25 heavy (non-hydrogen) atoms. The monoisotopic (exact) mass is 363 g/mol. The minimum absolute atomic E-state index is 0.0365. The van der Waals surface area contributed by atoms with Gasteiger partial charge in [-0.2, -0.15) is 0 Å². The minimum atomic E-state index is -1.10. The third kappa shape index (κ3) is 4.64. The van der Waals surface area contributed by atoms with Crippen molar-refractivity contribution < 1.29 is 24.2 Å². The van der Waals surface area contributed by atoms with Gasteiger partial charge >= 0.3 is 5.97 Å². The van der Waals surface area contributed by atoms with Crippen LogP contribution >= 0.6 is 11.6 Å². The van der Waals surface area contributed by atoms with E-state index >= 15 is 0 Å². The number of aryl methyl sites for hydroxylation is 2. The molecule has 2 aromatic carbocycles. The van der Waals surface area contributed by atoms with E-state index in [2.05, 4.69) is 5.32 Å². The highest BCUT2D eigenvalue weighted by Crippen LogP contribution is 2.30. The molecule has 0 atom stereocenters. The molecule has 0 aliphatic carbocycles. The number of benzene rings is 2. The van der Waals surface area contributed by atoms with Crippen LogP contribution in [0.15, 0.2) is 30.3 Å². The molecule has 0 saturated carbocycles. The van der Waals surface area contributed by atoms with Crippen LogP contribution in [-0.2, 0) is 4.79 Å². The number of nitrogens with one attached hydrogen (secondary N) is 1. The fourth-order valence-electron chi connectivity index (χ4n) is 2.35. The third-order valence-corrected chi connectivity index (χ3v) is 3.72. The third-order valence-electron chi connectivity index (χ3n) is 3.44. The van der Waals surface area contributed by atoms with Gasteiger partial charge in [0, 0.05) is 0 Å². The summed E-state index contributed by atoms with van der Waals surface area (Å²) in [5.74, 6) is -0.773. The van der Waals surface area contributed by atoms with Crippen LogP contribution in [0.1, 0.15) is 21.5 Å². The van der Waals surface area contributed by atoms with Crippen molar-refractivity contribution in [2.45, 2.75) is 13.8 Å². The zero-order chi connectivity index (χ0) is 18.6. The van der Waals surface area contributed by atoms with E-state index in [1.807, 2.05) is 19.9 Å². The first-order valence-electron chi connectivity index (χ1n) is 7.42. The highest BCUT2D eigenvalue weighted by atomic mass is 35.5. The number of aromatic carboxylic acids is 1. The lowest BCUT2D eigenvalue weighted by Crippen LogP contribution is -2.21. The highest BCUT2D eigenvalue weighted by Gasteiger charge is 2.14. The number of carbonyl (C=O) groups excluding carboxylic acids is 1. The molecule has 6 nitrogen and oxygen atoms in total. The van der Waals surface area contributed by atoms with E-state index in [4.69, 9.17) is 26.2 Å². The van der Waals surface area contributed by atoms with Gasteiger partial charge in [-0.1, -0.05) is 17.7 Å². The summed E-state index contributed by atoms with van der Waals surface area (Å²) in [5, 5.41) is 12.1. The summed E-state index contributed by atoms with van der Waals surface area (Å²) < 4.78 is 10.6. The van der Waals surface area contributed by atoms with Crippen molar-refractivity contribution in [3.05, 3.63) is 52.0 Å². The van der Waals surface area contributed by atoms with Crippen LogP contribution in [0.2, 0.25) is 5.02 Å². The van der Waals surface area contributed by atoms with E-state index in [-0.39, 0.29) is 17.9 Å². The lowest BCUT2D eigenvalue weighted by Gasteiger charge is -2.13. The lowest BCUT2D eigenvalue weighted by atomic mass is 10.1. The summed E-state index contributed by atoms with van der Waals surface area (Å²) >= 11 is 6.14. The number of methoxy groups -OCH3 is 1. The lowest BCUT2D eigenvalue weighted by molar-refractivity contribution is -0.118. The number of anilines is 1. The van der Waals surface area contributed by atoms with Crippen LogP contribution < -0.4 is 14.8 Å². The first-order chi connectivity index (χ1) is 11.8. The summed E-state index contributed by atoms with van der Waals surface area (Å²) in [6.45, 7) is 3.48. The zero-order valence-electron chi connectivity index (χ0n) is 14.1. The molecule has 0 saturated heterocycles. The van der Waals surface area contributed by atoms with Crippen molar-refractivity contribution in [3.63, 3.8) is 0 Å². The maximum absolute atomic E-state index is 12.1. The van der Waals surface area contributed by atoms with Crippen LogP contribution in [0.3, 0.4) is 0 Å². The molecular formula is C18H18ClNO5. The average molecular weight is 364 g/mol. The number of halogens is 1. The first-order valence-corrected chi connectivity index (χ1v) is 7.80. The molecule has 2 N–H and O–H groups in total. The number of ether oxygens (including phenoxy) is 2. The van der Waals surface area contributed by atoms with E-state index in [0.717, 1.165) is 11.1 Å². The number of rotatable bonds is 6. The van der Waals surface area contributed by atoms with E-state index in [1.54, 1.807) is 6.07 Å². The Balaban J connectivity index is 2.11. The Kier molecular flexibility index (Phi) is 5.88. The van der Waals surface area contributed by atoms with E-state index in [1.165, 1.54) is 25.3 Å². The van der Waals surface area contributed by atoms with Crippen molar-refractivity contribution in [1.29, 1.82) is 0 Å². The van der Waals surface area contributed by atoms with Crippen LogP contribution in [0, 0.1) is 13.8 Å². The maximum atomic E-state index is 12.1. The van der Waals surface area contributed by atoms with Crippen molar-refractivity contribution >= 4 is 29.2 Å². The number of carboxylic acid groups (broad SMARTS) is 1. The van der Waals surface area contributed by atoms with Crippen molar-refractivity contribution in [1.82, 2.24) is 0 Å². The molecule has 0 unspecified atom stereocenters. The van der Waals surface area contributed by atoms with E-state index in [9.17, 15) is 9.59 Å². The summed E-state index contributed by atoms with van der Waals surface area (Å²) in [4.78, 5) is 23.2. The number of amides is 1. The molecule has 2 aromatic rings. The number of hydrogen-bond donors (Lipinski definition) is 2. The summed E-state index contributed by atoms with van der Waals surface area (Å²) in [6, 6.07) is 7.84. The Labute approximate surface area is 150 Å². The molecule has 0 aliphatic rings. The Morgan fingerprint density at radius 2 is 1.92 bits per heavy atom. The molecule has 0 aliphatic heterocycles. The molecule has 132 valence electrons. The molecule has 2 rings (SSSR count). The molecule has 0 fully saturated rings. The van der Waals surface area contributed by atoms with E-state index < -0.39 is 11.9 Å². The predicted octanol–water partition coefficient (Wildman–Crippen LogP) is 3.68. The Bertz CT molecular complexity index is 796. The van der Waals surface area contributed by atoms with Gasteiger partial charge < -0.3 is 19.9 Å². The van der Waals surface area contributed by atoms with Gasteiger partial charge in [-0.15, -0.1) is 0 Å². The van der Waals surface area contributed by atoms with Gasteiger partial charge in [0.25, 0.3) is 5.91 Å². The van der Waals surface area contributed by atoms with Gasteiger partial charge in [-0.3, -0.25) is 4.79 Å². The van der Waals surface area contributed by atoms with Gasteiger partial charge in [-0.05, 0) is 49.2 Å². The first kappa shape index (κ1) is 18.6. The second-order valence-corrected chi connectivity index (χ2v) is 5.86. The Morgan fingerprint density at radius 3 is 2.52 bits per heavy atom. The fraction of sp³-hybridized carbons (Fsp3) is 0.222. The van der Waals surface area contributed by atoms with Crippen LogP contribution in [-0.4, -0.2) is 30.7 Å².